The molecule has 0 fully saturated rings. The van der Waals surface area contributed by atoms with Crippen molar-refractivity contribution >= 4 is 0 Å². The molecule has 11 heavy (non-hydrogen) atoms. The number of rotatable bonds is 0. The van der Waals surface area contributed by atoms with E-state index in [9.17, 15) is 5.11 Å². The molecule has 0 aromatic heterocycles. The third kappa shape index (κ3) is 2.12. The quantitative estimate of drug-likeness (QED) is 0.492. The van der Waals surface area contributed by atoms with Crippen LogP contribution in [-0.4, -0.2) is 16.3 Å². The Kier molecular flexibility index (Phi) is 1.63. The summed E-state index contributed by atoms with van der Waals surface area (Å²) in [5.74, 6) is 0.249. The van der Waals surface area contributed by atoms with Crippen LogP contribution < -0.4 is 10.6 Å². The van der Waals surface area contributed by atoms with Gasteiger partial charge in [0.15, 0.2) is 5.88 Å². The second-order valence-electron chi connectivity index (χ2n) is 4.13. The molecule has 1 rings (SSSR count). The Labute approximate surface area is 67.5 Å². The lowest BCUT2D eigenvalue weighted by Gasteiger charge is -2.40. The molecule has 1 aliphatic rings. The zero-order chi connectivity index (χ0) is 8.70. The SMILES string of the molecule is CC1(C)C=C(O)NC(C)(C)N1. The fourth-order valence-corrected chi connectivity index (χ4v) is 1.57. The normalized spacial score (nSPS) is 27.1. The average Bonchev–Trinajstić information content (AvgIpc) is 1.49. The maximum absolute atomic E-state index is 9.29. The van der Waals surface area contributed by atoms with Crippen molar-refractivity contribution in [2.75, 3.05) is 0 Å². The van der Waals surface area contributed by atoms with Crippen LogP contribution in [0.3, 0.4) is 0 Å². The van der Waals surface area contributed by atoms with Crippen molar-refractivity contribution in [3.63, 3.8) is 0 Å². The molecule has 0 aromatic rings. The first-order valence-electron chi connectivity index (χ1n) is 3.80. The summed E-state index contributed by atoms with van der Waals surface area (Å²) in [6, 6.07) is 0. The summed E-state index contributed by atoms with van der Waals surface area (Å²) in [4.78, 5) is 0. The Balaban J connectivity index is 2.86. The highest BCUT2D eigenvalue weighted by Crippen LogP contribution is 2.17. The molecular weight excluding hydrogens is 140 g/mol. The van der Waals surface area contributed by atoms with Crippen LogP contribution in [0.15, 0.2) is 12.0 Å². The lowest BCUT2D eigenvalue weighted by molar-refractivity contribution is 0.191. The Bertz CT molecular complexity index is 194. The zero-order valence-electron chi connectivity index (χ0n) is 7.52. The maximum atomic E-state index is 9.29. The van der Waals surface area contributed by atoms with Crippen LogP contribution in [0.4, 0.5) is 0 Å². The van der Waals surface area contributed by atoms with Gasteiger partial charge in [0.1, 0.15) is 0 Å². The van der Waals surface area contributed by atoms with E-state index in [0.29, 0.717) is 0 Å². The molecular formula is C8H16N2O. The van der Waals surface area contributed by atoms with Crippen molar-refractivity contribution in [3.05, 3.63) is 12.0 Å². The molecule has 0 saturated heterocycles. The summed E-state index contributed by atoms with van der Waals surface area (Å²) >= 11 is 0. The van der Waals surface area contributed by atoms with E-state index < -0.39 is 0 Å². The molecule has 0 unspecified atom stereocenters. The van der Waals surface area contributed by atoms with Gasteiger partial charge in [0, 0.05) is 5.54 Å². The van der Waals surface area contributed by atoms with Gasteiger partial charge in [-0.05, 0) is 33.8 Å². The minimum atomic E-state index is -0.234. The Morgan fingerprint density at radius 3 is 2.18 bits per heavy atom. The predicted octanol–water partition coefficient (Wildman–Crippen LogP) is 1.09. The average molecular weight is 156 g/mol. The van der Waals surface area contributed by atoms with Crippen molar-refractivity contribution < 1.29 is 5.11 Å². The fraction of sp³-hybridized carbons (Fsp3) is 0.750. The Morgan fingerprint density at radius 2 is 1.82 bits per heavy atom. The Morgan fingerprint density at radius 1 is 1.27 bits per heavy atom. The number of hydrogen-bond donors (Lipinski definition) is 3. The lowest BCUT2D eigenvalue weighted by Crippen LogP contribution is -2.62. The highest BCUT2D eigenvalue weighted by atomic mass is 16.3. The van der Waals surface area contributed by atoms with Gasteiger partial charge in [0.2, 0.25) is 0 Å². The molecule has 0 aliphatic carbocycles. The molecule has 1 aliphatic heterocycles. The van der Waals surface area contributed by atoms with E-state index in [1.54, 1.807) is 6.08 Å². The maximum Gasteiger partial charge on any atom is 0.183 e. The lowest BCUT2D eigenvalue weighted by atomic mass is 9.99. The Hall–Kier alpha value is -0.700. The predicted molar refractivity (Wildman–Crippen MR) is 45.1 cm³/mol. The first kappa shape index (κ1) is 8.40. The molecule has 3 nitrogen and oxygen atoms in total. The molecule has 0 spiro atoms. The van der Waals surface area contributed by atoms with Crippen LogP contribution in [0.1, 0.15) is 27.7 Å². The van der Waals surface area contributed by atoms with Crippen LogP contribution >= 0.6 is 0 Å². The van der Waals surface area contributed by atoms with Gasteiger partial charge in [-0.3, -0.25) is 5.32 Å². The highest BCUT2D eigenvalue weighted by molar-refractivity contribution is 5.12. The van der Waals surface area contributed by atoms with Gasteiger partial charge >= 0.3 is 0 Å². The second-order valence-corrected chi connectivity index (χ2v) is 4.13. The largest absolute Gasteiger partial charge is 0.495 e. The minimum absolute atomic E-state index is 0.140. The van der Waals surface area contributed by atoms with Crippen molar-refractivity contribution in [1.29, 1.82) is 0 Å². The number of aliphatic hydroxyl groups is 1. The van der Waals surface area contributed by atoms with E-state index in [2.05, 4.69) is 10.6 Å². The smallest absolute Gasteiger partial charge is 0.183 e. The van der Waals surface area contributed by atoms with Gasteiger partial charge in [-0.1, -0.05) is 0 Å². The summed E-state index contributed by atoms with van der Waals surface area (Å²) in [6.07, 6.45) is 1.76. The van der Waals surface area contributed by atoms with Crippen molar-refractivity contribution in [1.82, 2.24) is 10.6 Å². The van der Waals surface area contributed by atoms with Gasteiger partial charge in [-0.15, -0.1) is 0 Å². The van der Waals surface area contributed by atoms with E-state index in [-0.39, 0.29) is 17.1 Å². The monoisotopic (exact) mass is 156 g/mol. The third-order valence-electron chi connectivity index (χ3n) is 1.57. The molecule has 3 heteroatoms. The molecule has 3 N–H and O–H groups in total. The van der Waals surface area contributed by atoms with Crippen molar-refractivity contribution in [3.8, 4) is 0 Å². The summed E-state index contributed by atoms with van der Waals surface area (Å²) < 4.78 is 0. The van der Waals surface area contributed by atoms with Crippen molar-refractivity contribution in [2.24, 2.45) is 0 Å². The van der Waals surface area contributed by atoms with E-state index in [4.69, 9.17) is 0 Å². The molecule has 0 atom stereocenters. The van der Waals surface area contributed by atoms with Crippen LogP contribution in [0.25, 0.3) is 0 Å². The van der Waals surface area contributed by atoms with Crippen LogP contribution in [0.2, 0.25) is 0 Å². The summed E-state index contributed by atoms with van der Waals surface area (Å²) in [5, 5.41) is 15.5. The molecule has 0 amide bonds. The zero-order valence-corrected chi connectivity index (χ0v) is 7.52. The van der Waals surface area contributed by atoms with Crippen LogP contribution in [0, 0.1) is 0 Å². The van der Waals surface area contributed by atoms with Gasteiger partial charge in [0.25, 0.3) is 0 Å². The second kappa shape index (κ2) is 2.14. The summed E-state index contributed by atoms with van der Waals surface area (Å²) in [6.45, 7) is 8.01. The highest BCUT2D eigenvalue weighted by Gasteiger charge is 2.31. The van der Waals surface area contributed by atoms with Gasteiger partial charge in [-0.2, -0.15) is 0 Å². The molecule has 0 bridgehead atoms. The van der Waals surface area contributed by atoms with Gasteiger partial charge < -0.3 is 10.4 Å². The summed E-state index contributed by atoms with van der Waals surface area (Å²) in [5.41, 5.74) is -0.374. The first-order valence-corrected chi connectivity index (χ1v) is 3.80. The van der Waals surface area contributed by atoms with E-state index in [1.165, 1.54) is 0 Å². The molecule has 0 aromatic carbocycles. The third-order valence-corrected chi connectivity index (χ3v) is 1.57. The topological polar surface area (TPSA) is 44.3 Å². The van der Waals surface area contributed by atoms with E-state index in [0.717, 1.165) is 0 Å². The first-order chi connectivity index (χ1) is 4.81. The summed E-state index contributed by atoms with van der Waals surface area (Å²) in [7, 11) is 0. The van der Waals surface area contributed by atoms with Crippen molar-refractivity contribution in [2.45, 2.75) is 38.9 Å². The molecule has 1 heterocycles. The van der Waals surface area contributed by atoms with E-state index in [1.807, 2.05) is 27.7 Å². The van der Waals surface area contributed by atoms with E-state index >= 15 is 0 Å². The number of aliphatic hydroxyl groups excluding tert-OH is 1. The minimum Gasteiger partial charge on any atom is -0.495 e. The number of hydrogen-bond acceptors (Lipinski definition) is 3. The van der Waals surface area contributed by atoms with Gasteiger partial charge in [0.05, 0.1) is 5.66 Å². The fourth-order valence-electron chi connectivity index (χ4n) is 1.57. The number of nitrogens with one attached hydrogen (secondary N) is 2. The van der Waals surface area contributed by atoms with Crippen LogP contribution in [0.5, 0.6) is 0 Å². The molecule has 0 saturated carbocycles. The van der Waals surface area contributed by atoms with Gasteiger partial charge in [-0.25, -0.2) is 0 Å². The molecule has 0 radical (unpaired) electrons. The standard InChI is InChI=1S/C8H16N2O/c1-7(2)5-6(11)9-8(3,4)10-7/h5,9-11H,1-4H3. The molecule has 64 valence electrons. The van der Waals surface area contributed by atoms with Crippen LogP contribution in [-0.2, 0) is 0 Å².